The van der Waals surface area contributed by atoms with Crippen LogP contribution in [0, 0.1) is 0 Å². The molecule has 6 heteroatoms. The number of carbonyl (C=O) groups excluding carboxylic acids is 1. The highest BCUT2D eigenvalue weighted by atomic mass is 16.7. The monoisotopic (exact) mass is 234 g/mol. The summed E-state index contributed by atoms with van der Waals surface area (Å²) in [4.78, 5) is 10.9. The summed E-state index contributed by atoms with van der Waals surface area (Å²) in [6.45, 7) is 1.58. The highest BCUT2D eigenvalue weighted by Gasteiger charge is 2.43. The molecule has 4 atom stereocenters. The zero-order valence-corrected chi connectivity index (χ0v) is 9.97. The number of carbonyl (C=O) groups is 1. The van der Waals surface area contributed by atoms with Crippen molar-refractivity contribution in [3.8, 4) is 0 Å². The predicted octanol–water partition coefficient (Wildman–Crippen LogP) is -0.0492. The molecule has 0 aliphatic carbocycles. The van der Waals surface area contributed by atoms with Gasteiger partial charge < -0.3 is 23.7 Å². The molecule has 1 heterocycles. The standard InChI is InChI=1S/C10H18O6/c1-6(11)16-7-5-15-10(14-4)9(13-3)8(7)12-2/h7-10H,5H2,1-4H3/t7-,8+,9-,10+/m1/s1. The molecule has 0 aromatic heterocycles. The first-order valence-electron chi connectivity index (χ1n) is 5.01. The van der Waals surface area contributed by atoms with Crippen molar-refractivity contribution in [3.63, 3.8) is 0 Å². The minimum Gasteiger partial charge on any atom is -0.457 e. The molecule has 1 saturated heterocycles. The van der Waals surface area contributed by atoms with E-state index in [1.165, 1.54) is 28.3 Å². The van der Waals surface area contributed by atoms with E-state index >= 15 is 0 Å². The summed E-state index contributed by atoms with van der Waals surface area (Å²) in [5, 5.41) is 0. The van der Waals surface area contributed by atoms with E-state index in [1.807, 2.05) is 0 Å². The van der Waals surface area contributed by atoms with Crippen LogP contribution in [0.5, 0.6) is 0 Å². The maximum Gasteiger partial charge on any atom is 0.303 e. The zero-order valence-electron chi connectivity index (χ0n) is 9.97. The number of ether oxygens (including phenoxy) is 5. The molecule has 0 amide bonds. The fraction of sp³-hybridized carbons (Fsp3) is 0.900. The molecule has 0 bridgehead atoms. The Labute approximate surface area is 94.7 Å². The van der Waals surface area contributed by atoms with Crippen molar-refractivity contribution in [3.05, 3.63) is 0 Å². The van der Waals surface area contributed by atoms with Crippen LogP contribution in [-0.2, 0) is 28.5 Å². The van der Waals surface area contributed by atoms with E-state index in [4.69, 9.17) is 23.7 Å². The zero-order chi connectivity index (χ0) is 12.1. The second kappa shape index (κ2) is 6.15. The topological polar surface area (TPSA) is 63.2 Å². The summed E-state index contributed by atoms with van der Waals surface area (Å²) in [5.41, 5.74) is 0. The highest BCUT2D eigenvalue weighted by molar-refractivity contribution is 5.66. The normalized spacial score (nSPS) is 34.8. The van der Waals surface area contributed by atoms with Gasteiger partial charge in [0.1, 0.15) is 12.2 Å². The van der Waals surface area contributed by atoms with Crippen LogP contribution >= 0.6 is 0 Å². The largest absolute Gasteiger partial charge is 0.457 e. The van der Waals surface area contributed by atoms with Crippen molar-refractivity contribution in [1.29, 1.82) is 0 Å². The Kier molecular flexibility index (Phi) is 5.14. The summed E-state index contributed by atoms with van der Waals surface area (Å²) >= 11 is 0. The van der Waals surface area contributed by atoms with Crippen molar-refractivity contribution in [2.24, 2.45) is 0 Å². The van der Waals surface area contributed by atoms with Crippen LogP contribution in [0.1, 0.15) is 6.92 Å². The third-order valence-corrected chi connectivity index (χ3v) is 2.48. The molecule has 0 spiro atoms. The van der Waals surface area contributed by atoms with Crippen molar-refractivity contribution in [2.45, 2.75) is 31.5 Å². The van der Waals surface area contributed by atoms with Gasteiger partial charge in [0.25, 0.3) is 0 Å². The van der Waals surface area contributed by atoms with Gasteiger partial charge >= 0.3 is 5.97 Å². The Hall–Kier alpha value is -0.690. The van der Waals surface area contributed by atoms with Crippen LogP contribution in [0.15, 0.2) is 0 Å². The van der Waals surface area contributed by atoms with E-state index in [-0.39, 0.29) is 12.6 Å². The number of esters is 1. The fourth-order valence-corrected chi connectivity index (χ4v) is 1.79. The number of rotatable bonds is 4. The molecule has 0 radical (unpaired) electrons. The SMILES string of the molecule is CO[C@H]1OC[C@@H](OC(C)=O)[C@H](OC)[C@H]1OC. The van der Waals surface area contributed by atoms with E-state index in [0.717, 1.165) is 0 Å². The van der Waals surface area contributed by atoms with E-state index in [0.29, 0.717) is 0 Å². The highest BCUT2D eigenvalue weighted by Crippen LogP contribution is 2.23. The van der Waals surface area contributed by atoms with E-state index in [9.17, 15) is 4.79 Å². The Morgan fingerprint density at radius 1 is 1.12 bits per heavy atom. The van der Waals surface area contributed by atoms with Gasteiger partial charge in [-0.3, -0.25) is 4.79 Å². The molecule has 1 aliphatic heterocycles. The molecule has 0 unspecified atom stereocenters. The lowest BCUT2D eigenvalue weighted by Crippen LogP contribution is -2.56. The summed E-state index contributed by atoms with van der Waals surface area (Å²) in [6, 6.07) is 0. The third-order valence-electron chi connectivity index (χ3n) is 2.48. The average Bonchev–Trinajstić information content (AvgIpc) is 2.27. The minimum absolute atomic E-state index is 0.233. The molecule has 1 aliphatic rings. The first-order valence-corrected chi connectivity index (χ1v) is 5.01. The van der Waals surface area contributed by atoms with Crippen LogP contribution in [0.2, 0.25) is 0 Å². The average molecular weight is 234 g/mol. The lowest BCUT2D eigenvalue weighted by molar-refractivity contribution is -0.275. The molecule has 0 saturated carbocycles. The van der Waals surface area contributed by atoms with Gasteiger partial charge in [-0.05, 0) is 0 Å². The molecular formula is C10H18O6. The lowest BCUT2D eigenvalue weighted by Gasteiger charge is -2.39. The third kappa shape index (κ3) is 2.91. The number of methoxy groups -OCH3 is 3. The number of hydrogen-bond acceptors (Lipinski definition) is 6. The maximum atomic E-state index is 10.9. The first kappa shape index (κ1) is 13.4. The van der Waals surface area contributed by atoms with Crippen molar-refractivity contribution in [1.82, 2.24) is 0 Å². The number of hydrogen-bond donors (Lipinski definition) is 0. The Bertz CT molecular complexity index is 231. The summed E-state index contributed by atoms with van der Waals surface area (Å²) in [5.74, 6) is -0.374. The van der Waals surface area contributed by atoms with Crippen molar-refractivity contribution in [2.75, 3.05) is 27.9 Å². The van der Waals surface area contributed by atoms with Gasteiger partial charge in [-0.15, -0.1) is 0 Å². The maximum absolute atomic E-state index is 10.9. The fourth-order valence-electron chi connectivity index (χ4n) is 1.79. The van der Waals surface area contributed by atoms with Gasteiger partial charge in [0.2, 0.25) is 0 Å². The van der Waals surface area contributed by atoms with Crippen LogP contribution in [0.25, 0.3) is 0 Å². The first-order chi connectivity index (χ1) is 7.63. The van der Waals surface area contributed by atoms with Gasteiger partial charge in [-0.25, -0.2) is 0 Å². The van der Waals surface area contributed by atoms with Gasteiger partial charge in [-0.2, -0.15) is 0 Å². The summed E-state index contributed by atoms with van der Waals surface area (Å²) < 4.78 is 26.1. The molecule has 16 heavy (non-hydrogen) atoms. The molecule has 0 N–H and O–H groups in total. The molecule has 1 rings (SSSR count). The minimum atomic E-state index is -0.512. The van der Waals surface area contributed by atoms with E-state index < -0.39 is 24.6 Å². The van der Waals surface area contributed by atoms with Crippen LogP contribution in [0.4, 0.5) is 0 Å². The van der Waals surface area contributed by atoms with E-state index in [1.54, 1.807) is 0 Å². The van der Waals surface area contributed by atoms with Crippen LogP contribution < -0.4 is 0 Å². The smallest absolute Gasteiger partial charge is 0.303 e. The second-order valence-electron chi connectivity index (χ2n) is 3.49. The van der Waals surface area contributed by atoms with Gasteiger partial charge in [0.05, 0.1) is 6.61 Å². The Balaban J connectivity index is 2.71. The van der Waals surface area contributed by atoms with Crippen molar-refractivity contribution < 1.29 is 28.5 Å². The summed E-state index contributed by atoms with van der Waals surface area (Å²) in [7, 11) is 4.59. The van der Waals surface area contributed by atoms with Gasteiger partial charge in [0, 0.05) is 28.3 Å². The predicted molar refractivity (Wildman–Crippen MR) is 53.9 cm³/mol. The van der Waals surface area contributed by atoms with Gasteiger partial charge in [0.15, 0.2) is 12.4 Å². The molecular weight excluding hydrogens is 216 g/mol. The van der Waals surface area contributed by atoms with Crippen molar-refractivity contribution >= 4 is 5.97 Å². The Morgan fingerprint density at radius 2 is 1.75 bits per heavy atom. The molecule has 1 fully saturated rings. The molecule has 0 aromatic carbocycles. The molecule has 94 valence electrons. The summed E-state index contributed by atoms with van der Waals surface area (Å²) in [6.07, 6.45) is -1.80. The second-order valence-corrected chi connectivity index (χ2v) is 3.49. The van der Waals surface area contributed by atoms with Crippen LogP contribution in [-0.4, -0.2) is 58.5 Å². The van der Waals surface area contributed by atoms with Crippen LogP contribution in [0.3, 0.4) is 0 Å². The molecule has 0 aromatic rings. The quantitative estimate of drug-likeness (QED) is 0.635. The molecule has 6 nitrogen and oxygen atoms in total. The Morgan fingerprint density at radius 3 is 2.19 bits per heavy atom. The lowest BCUT2D eigenvalue weighted by atomic mass is 10.0. The van der Waals surface area contributed by atoms with Gasteiger partial charge in [-0.1, -0.05) is 0 Å². The van der Waals surface area contributed by atoms with E-state index in [2.05, 4.69) is 0 Å².